The van der Waals surface area contributed by atoms with E-state index in [4.69, 9.17) is 0 Å². The number of benzene rings is 1. The van der Waals surface area contributed by atoms with Crippen molar-refractivity contribution in [3.05, 3.63) is 59.4 Å². The van der Waals surface area contributed by atoms with Crippen molar-refractivity contribution < 1.29 is 14.7 Å². The number of aryl methyl sites for hydroxylation is 1. The van der Waals surface area contributed by atoms with Gasteiger partial charge in [-0.2, -0.15) is 0 Å². The number of carbonyl (C=O) groups excluding carboxylic acids is 1. The molecule has 0 saturated heterocycles. The van der Waals surface area contributed by atoms with Crippen molar-refractivity contribution in [1.29, 1.82) is 0 Å². The van der Waals surface area contributed by atoms with E-state index in [2.05, 4.69) is 10.3 Å². The summed E-state index contributed by atoms with van der Waals surface area (Å²) in [6, 6.07) is 10.6. The maximum Gasteiger partial charge on any atom is 0.313 e. The molecule has 2 N–H and O–H groups in total. The molecule has 0 bridgehead atoms. The summed E-state index contributed by atoms with van der Waals surface area (Å²) in [5.74, 6) is -1.03. The van der Waals surface area contributed by atoms with Gasteiger partial charge in [-0.05, 0) is 50.1 Å². The van der Waals surface area contributed by atoms with Crippen LogP contribution in [0.3, 0.4) is 0 Å². The minimum atomic E-state index is -0.962. The summed E-state index contributed by atoms with van der Waals surface area (Å²) in [5.41, 5.74) is 2.11. The van der Waals surface area contributed by atoms with Gasteiger partial charge in [0.25, 0.3) is 0 Å². The Bertz CT molecular complexity index is 704. The average molecular weight is 312 g/mol. The van der Waals surface area contributed by atoms with E-state index in [1.54, 1.807) is 44.3 Å². The van der Waals surface area contributed by atoms with E-state index >= 15 is 0 Å². The van der Waals surface area contributed by atoms with E-state index in [0.717, 1.165) is 11.3 Å². The fourth-order valence-electron chi connectivity index (χ4n) is 2.09. The number of pyridine rings is 1. The first kappa shape index (κ1) is 16.7. The Morgan fingerprint density at radius 3 is 2.30 bits per heavy atom. The first-order valence-corrected chi connectivity index (χ1v) is 7.34. The monoisotopic (exact) mass is 312 g/mol. The van der Waals surface area contributed by atoms with Crippen molar-refractivity contribution in [3.63, 3.8) is 0 Å². The molecule has 0 atom stereocenters. The van der Waals surface area contributed by atoms with Crippen LogP contribution >= 0.6 is 0 Å². The lowest BCUT2D eigenvalue weighted by Gasteiger charge is -2.19. The van der Waals surface area contributed by atoms with Crippen molar-refractivity contribution >= 4 is 17.6 Å². The van der Waals surface area contributed by atoms with Crippen LogP contribution in [0.4, 0.5) is 5.69 Å². The van der Waals surface area contributed by atoms with Crippen LogP contribution in [0.25, 0.3) is 0 Å². The second-order valence-corrected chi connectivity index (χ2v) is 6.04. The largest absolute Gasteiger partial charge is 0.481 e. The number of rotatable bonds is 5. The third kappa shape index (κ3) is 4.16. The van der Waals surface area contributed by atoms with Crippen LogP contribution in [0.2, 0.25) is 0 Å². The molecule has 120 valence electrons. The minimum absolute atomic E-state index is 0.138. The molecule has 0 spiro atoms. The van der Waals surface area contributed by atoms with Crippen molar-refractivity contribution in [3.8, 4) is 0 Å². The molecule has 0 unspecified atom stereocenters. The quantitative estimate of drug-likeness (QED) is 0.889. The summed E-state index contributed by atoms with van der Waals surface area (Å²) < 4.78 is 0. The van der Waals surface area contributed by atoms with Gasteiger partial charge < -0.3 is 10.4 Å². The molecule has 1 aromatic heterocycles. The standard InChI is InChI=1S/C18H20N2O3/c1-12-4-5-13(11-19-12)10-16(21)20-15-8-6-14(7-9-15)18(2,3)17(22)23/h4-9,11H,10H2,1-3H3,(H,20,21)(H,22,23). The Labute approximate surface area is 135 Å². The van der Waals surface area contributed by atoms with E-state index in [1.807, 2.05) is 19.1 Å². The molecule has 0 aliphatic rings. The Morgan fingerprint density at radius 1 is 1.13 bits per heavy atom. The molecule has 0 radical (unpaired) electrons. The summed E-state index contributed by atoms with van der Waals surface area (Å²) in [5, 5.41) is 12.0. The van der Waals surface area contributed by atoms with Crippen molar-refractivity contribution in [1.82, 2.24) is 4.98 Å². The molecule has 1 amide bonds. The van der Waals surface area contributed by atoms with Crippen molar-refractivity contribution in [2.75, 3.05) is 5.32 Å². The van der Waals surface area contributed by atoms with Crippen LogP contribution in [0.1, 0.15) is 30.7 Å². The smallest absolute Gasteiger partial charge is 0.313 e. The first-order chi connectivity index (χ1) is 10.8. The second-order valence-electron chi connectivity index (χ2n) is 6.04. The summed E-state index contributed by atoms with van der Waals surface area (Å²) in [6.07, 6.45) is 1.93. The molecule has 0 saturated carbocycles. The normalized spacial score (nSPS) is 11.1. The lowest BCUT2D eigenvalue weighted by atomic mass is 9.85. The number of carboxylic acids is 1. The SMILES string of the molecule is Cc1ccc(CC(=O)Nc2ccc(C(C)(C)C(=O)O)cc2)cn1. The van der Waals surface area contributed by atoms with Gasteiger partial charge in [0.1, 0.15) is 0 Å². The van der Waals surface area contributed by atoms with E-state index in [9.17, 15) is 14.7 Å². The lowest BCUT2D eigenvalue weighted by Crippen LogP contribution is -2.28. The summed E-state index contributed by atoms with van der Waals surface area (Å²) in [4.78, 5) is 27.4. The van der Waals surface area contributed by atoms with Crippen molar-refractivity contribution in [2.45, 2.75) is 32.6 Å². The van der Waals surface area contributed by atoms with E-state index < -0.39 is 11.4 Å². The number of nitrogens with zero attached hydrogens (tertiary/aromatic N) is 1. The van der Waals surface area contributed by atoms with Gasteiger partial charge in [0.15, 0.2) is 0 Å². The molecule has 0 aliphatic heterocycles. The van der Waals surface area contributed by atoms with Gasteiger partial charge in [0, 0.05) is 17.6 Å². The van der Waals surface area contributed by atoms with Gasteiger partial charge in [-0.15, -0.1) is 0 Å². The molecule has 2 rings (SSSR count). The third-order valence-corrected chi connectivity index (χ3v) is 3.76. The first-order valence-electron chi connectivity index (χ1n) is 7.34. The number of hydrogen-bond acceptors (Lipinski definition) is 3. The Balaban J connectivity index is 2.02. The van der Waals surface area contributed by atoms with Gasteiger partial charge in [-0.3, -0.25) is 14.6 Å². The van der Waals surface area contributed by atoms with Crippen molar-refractivity contribution in [2.24, 2.45) is 0 Å². The van der Waals surface area contributed by atoms with Gasteiger partial charge >= 0.3 is 5.97 Å². The Hall–Kier alpha value is -2.69. The Kier molecular flexibility index (Phi) is 4.79. The number of hydrogen-bond donors (Lipinski definition) is 2. The summed E-state index contributed by atoms with van der Waals surface area (Å²) in [7, 11) is 0. The van der Waals surface area contributed by atoms with Gasteiger partial charge in [0.05, 0.1) is 11.8 Å². The highest BCUT2D eigenvalue weighted by Gasteiger charge is 2.29. The van der Waals surface area contributed by atoms with Crippen LogP contribution in [0.15, 0.2) is 42.6 Å². The van der Waals surface area contributed by atoms with E-state index in [-0.39, 0.29) is 12.3 Å². The molecule has 23 heavy (non-hydrogen) atoms. The van der Waals surface area contributed by atoms with Gasteiger partial charge in [-0.1, -0.05) is 18.2 Å². The number of carbonyl (C=O) groups is 2. The molecule has 1 heterocycles. The highest BCUT2D eigenvalue weighted by molar-refractivity contribution is 5.92. The van der Waals surface area contributed by atoms with Gasteiger partial charge in [-0.25, -0.2) is 0 Å². The van der Waals surface area contributed by atoms with E-state index in [1.165, 1.54) is 0 Å². The highest BCUT2D eigenvalue weighted by atomic mass is 16.4. The molecule has 5 nitrogen and oxygen atoms in total. The lowest BCUT2D eigenvalue weighted by molar-refractivity contribution is -0.142. The molecular formula is C18H20N2O3. The Morgan fingerprint density at radius 2 is 1.78 bits per heavy atom. The second kappa shape index (κ2) is 6.60. The molecule has 2 aromatic rings. The molecule has 5 heteroatoms. The molecule has 0 fully saturated rings. The van der Waals surface area contributed by atoms with Crippen LogP contribution in [0, 0.1) is 6.92 Å². The van der Waals surface area contributed by atoms with Crippen LogP contribution in [0.5, 0.6) is 0 Å². The van der Waals surface area contributed by atoms with Crippen LogP contribution < -0.4 is 5.32 Å². The topological polar surface area (TPSA) is 79.3 Å². The third-order valence-electron chi connectivity index (χ3n) is 3.76. The number of amides is 1. The predicted octanol–water partition coefficient (Wildman–Crippen LogP) is 2.93. The van der Waals surface area contributed by atoms with Crippen LogP contribution in [-0.4, -0.2) is 22.0 Å². The molecule has 1 aromatic carbocycles. The number of carboxylic acid groups (broad SMARTS) is 1. The molecular weight excluding hydrogens is 292 g/mol. The minimum Gasteiger partial charge on any atom is -0.481 e. The summed E-state index contributed by atoms with van der Waals surface area (Å²) >= 11 is 0. The van der Waals surface area contributed by atoms with E-state index in [0.29, 0.717) is 11.3 Å². The number of aromatic nitrogens is 1. The maximum absolute atomic E-state index is 12.0. The number of anilines is 1. The zero-order chi connectivity index (χ0) is 17.0. The molecule has 0 aliphatic carbocycles. The number of nitrogens with one attached hydrogen (secondary N) is 1. The number of aliphatic carboxylic acids is 1. The zero-order valence-electron chi connectivity index (χ0n) is 13.5. The highest BCUT2D eigenvalue weighted by Crippen LogP contribution is 2.24. The average Bonchev–Trinajstić information content (AvgIpc) is 2.50. The predicted molar refractivity (Wildman–Crippen MR) is 88.4 cm³/mol. The maximum atomic E-state index is 12.0. The fourth-order valence-corrected chi connectivity index (χ4v) is 2.09. The fraction of sp³-hybridized carbons (Fsp3) is 0.278. The van der Waals surface area contributed by atoms with Crippen LogP contribution in [-0.2, 0) is 21.4 Å². The zero-order valence-corrected chi connectivity index (χ0v) is 13.5. The van der Waals surface area contributed by atoms with Gasteiger partial charge in [0.2, 0.25) is 5.91 Å². The summed E-state index contributed by atoms with van der Waals surface area (Å²) in [6.45, 7) is 5.19.